The van der Waals surface area contributed by atoms with Gasteiger partial charge in [0.1, 0.15) is 0 Å². The molecule has 2 aliphatic heterocycles. The summed E-state index contributed by atoms with van der Waals surface area (Å²) in [6.45, 7) is 15.3. The van der Waals surface area contributed by atoms with Gasteiger partial charge in [-0.2, -0.15) is 0 Å². The van der Waals surface area contributed by atoms with Crippen molar-refractivity contribution < 1.29 is 34.1 Å². The Kier molecular flexibility index (Phi) is 13.7. The van der Waals surface area contributed by atoms with Gasteiger partial charge in [-0.15, -0.1) is 0 Å². The number of fused-ring (bicyclic) bond motifs is 2. The van der Waals surface area contributed by atoms with E-state index in [2.05, 4.69) is 39.4 Å². The van der Waals surface area contributed by atoms with Gasteiger partial charge in [-0.25, -0.2) is 0 Å². The van der Waals surface area contributed by atoms with Crippen molar-refractivity contribution in [3.8, 4) is 0 Å². The number of imide groups is 2. The zero-order valence-corrected chi connectivity index (χ0v) is 33.8. The number of aliphatic hydroxyl groups is 2. The molecule has 7 rings (SSSR count). The predicted octanol–water partition coefficient (Wildman–Crippen LogP) is 9.37. The van der Waals surface area contributed by atoms with E-state index in [1.165, 1.54) is 9.80 Å². The first-order chi connectivity index (χ1) is 26.3. The van der Waals surface area contributed by atoms with Gasteiger partial charge in [0.05, 0.1) is 19.3 Å². The van der Waals surface area contributed by atoms with Crippen molar-refractivity contribution in [3.63, 3.8) is 0 Å². The normalized spacial score (nSPS) is 15.1. The van der Waals surface area contributed by atoms with E-state index in [1.807, 2.05) is 62.4 Å². The van der Waals surface area contributed by atoms with E-state index in [-0.39, 0.29) is 42.4 Å². The maximum Gasteiger partial charge on any atom is 0.261 e. The summed E-state index contributed by atoms with van der Waals surface area (Å²) in [7, 11) is 1.55. The molecule has 4 amide bonds. The van der Waals surface area contributed by atoms with Gasteiger partial charge < -0.3 is 14.9 Å². The number of methoxy groups -OCH3 is 1. The minimum Gasteiger partial charge on any atom is -0.394 e. The molecule has 5 aromatic carbocycles. The van der Waals surface area contributed by atoms with E-state index < -0.39 is 0 Å². The van der Waals surface area contributed by atoms with Gasteiger partial charge in [0, 0.05) is 52.7 Å². The highest BCUT2D eigenvalue weighted by atomic mass is 16.5. The predicted molar refractivity (Wildman–Crippen MR) is 221 cm³/mol. The Morgan fingerprint density at radius 2 is 1.00 bits per heavy atom. The molecular weight excluding hydrogens is 693 g/mol. The molecule has 0 saturated carbocycles. The topological polar surface area (TPSA) is 124 Å². The minimum absolute atomic E-state index is 0.122. The number of benzene rings is 5. The molecule has 294 valence electrons. The SMILES string of the molecule is CC(C)CC(C)O.CCCCCCCN1C(=O)c2ccc3c4ccc5c6c(ccc(c7ccc(c2c37)C1=O)c64)C(=O)N(C(C)CC(C)C)C5=O.COCCO. The molecule has 0 saturated heterocycles. The molecule has 0 aliphatic carbocycles. The van der Waals surface area contributed by atoms with Crippen LogP contribution in [0.25, 0.3) is 43.1 Å². The van der Waals surface area contributed by atoms with Crippen LogP contribution in [0.2, 0.25) is 0 Å². The molecule has 2 heterocycles. The molecule has 5 aromatic rings. The molecule has 2 atom stereocenters. The fourth-order valence-electron chi connectivity index (χ4n) is 8.37. The molecule has 9 nitrogen and oxygen atoms in total. The summed E-state index contributed by atoms with van der Waals surface area (Å²) in [5.74, 6) is -0.00515. The van der Waals surface area contributed by atoms with Crippen molar-refractivity contribution in [2.45, 2.75) is 106 Å². The molecule has 2 unspecified atom stereocenters. The fraction of sp³-hybridized carbons (Fsp3) is 0.478. The van der Waals surface area contributed by atoms with Crippen LogP contribution in [0, 0.1) is 11.8 Å². The van der Waals surface area contributed by atoms with Gasteiger partial charge in [-0.3, -0.25) is 29.0 Å². The van der Waals surface area contributed by atoms with E-state index in [0.717, 1.165) is 77.3 Å². The number of hydrogen-bond acceptors (Lipinski definition) is 7. The van der Waals surface area contributed by atoms with Crippen LogP contribution >= 0.6 is 0 Å². The van der Waals surface area contributed by atoms with Crippen LogP contribution in [0.3, 0.4) is 0 Å². The standard InChI is InChI=1S/C37H36N2O4.C6H14O.C3H8O2/c1-5-6-7-8-9-18-38-34(40)26-14-10-22-24-12-16-28-33-29(37(43)39(36(28)42)21(4)19-20(2)3)17-13-25(31(24)33)23-11-15-27(35(38)41)32(26)30(22)23;1-5(2)4-6(3)7;1-5-3-2-4/h10-17,20-21H,5-9,18-19H2,1-4H3;5-7H,4H2,1-3H3;4H,2-3H2,1H3. The number of aliphatic hydroxyl groups excluding tert-OH is 2. The van der Waals surface area contributed by atoms with Crippen LogP contribution in [-0.2, 0) is 4.74 Å². The molecule has 55 heavy (non-hydrogen) atoms. The molecular formula is C46H58N2O7. The highest BCUT2D eigenvalue weighted by molar-refractivity contribution is 6.41. The molecule has 0 radical (unpaired) electrons. The summed E-state index contributed by atoms with van der Waals surface area (Å²) in [5.41, 5.74) is 2.19. The van der Waals surface area contributed by atoms with Crippen LogP contribution in [0.4, 0.5) is 0 Å². The van der Waals surface area contributed by atoms with Gasteiger partial charge in [0.15, 0.2) is 0 Å². The highest BCUT2D eigenvalue weighted by Gasteiger charge is 2.38. The first kappa shape index (κ1) is 41.7. The lowest BCUT2D eigenvalue weighted by Gasteiger charge is -2.33. The molecule has 0 bridgehead atoms. The van der Waals surface area contributed by atoms with Crippen LogP contribution in [0.5, 0.6) is 0 Å². The maximum absolute atomic E-state index is 13.8. The Labute approximate surface area is 324 Å². The Morgan fingerprint density at radius 1 is 0.582 bits per heavy atom. The van der Waals surface area contributed by atoms with Crippen LogP contribution in [-0.4, -0.2) is 82.7 Å². The largest absolute Gasteiger partial charge is 0.394 e. The zero-order chi connectivity index (χ0) is 40.1. The summed E-state index contributed by atoms with van der Waals surface area (Å²) in [5, 5.41) is 23.5. The number of hydrogen-bond donors (Lipinski definition) is 2. The van der Waals surface area contributed by atoms with Crippen LogP contribution in [0.15, 0.2) is 48.5 Å². The second kappa shape index (κ2) is 18.0. The van der Waals surface area contributed by atoms with E-state index in [1.54, 1.807) is 7.11 Å². The number of carbonyl (C=O) groups excluding carboxylic acids is 4. The van der Waals surface area contributed by atoms with Gasteiger partial charge in [0.2, 0.25) is 0 Å². The molecule has 2 aliphatic rings. The average Bonchev–Trinajstić information content (AvgIpc) is 3.13. The van der Waals surface area contributed by atoms with Crippen molar-refractivity contribution in [2.24, 2.45) is 11.8 Å². The molecule has 9 heteroatoms. The maximum atomic E-state index is 13.8. The second-order valence-corrected chi connectivity index (χ2v) is 16.0. The Morgan fingerprint density at radius 3 is 1.33 bits per heavy atom. The number of amides is 4. The lowest BCUT2D eigenvalue weighted by molar-refractivity contribution is 0.0532. The second-order valence-electron chi connectivity index (χ2n) is 16.0. The van der Waals surface area contributed by atoms with E-state index >= 15 is 0 Å². The summed E-state index contributed by atoms with van der Waals surface area (Å²) in [6, 6.07) is 15.0. The van der Waals surface area contributed by atoms with E-state index in [4.69, 9.17) is 10.2 Å². The minimum atomic E-state index is -0.253. The first-order valence-corrected chi connectivity index (χ1v) is 20.0. The molecule has 0 fully saturated rings. The third kappa shape index (κ3) is 8.25. The van der Waals surface area contributed by atoms with Gasteiger partial charge in [-0.05, 0) is 102 Å². The number of ether oxygens (including phenoxy) is 1. The molecule has 0 spiro atoms. The van der Waals surface area contributed by atoms with Crippen LogP contribution in [0.1, 0.15) is 135 Å². The Hall–Kier alpha value is -4.44. The van der Waals surface area contributed by atoms with Gasteiger partial charge >= 0.3 is 0 Å². The monoisotopic (exact) mass is 750 g/mol. The third-order valence-electron chi connectivity index (χ3n) is 10.6. The Balaban J connectivity index is 0.000000422. The quantitative estimate of drug-likeness (QED) is 0.0532. The van der Waals surface area contributed by atoms with Crippen molar-refractivity contribution in [3.05, 3.63) is 70.8 Å². The first-order valence-electron chi connectivity index (χ1n) is 20.0. The van der Waals surface area contributed by atoms with Crippen molar-refractivity contribution in [2.75, 3.05) is 26.9 Å². The number of unbranched alkanes of at least 4 members (excludes halogenated alkanes) is 4. The molecule has 2 N–H and O–H groups in total. The summed E-state index contributed by atoms with van der Waals surface area (Å²) >= 11 is 0. The summed E-state index contributed by atoms with van der Waals surface area (Å²) in [4.78, 5) is 57.8. The van der Waals surface area contributed by atoms with Crippen molar-refractivity contribution >= 4 is 66.7 Å². The molecule has 0 aromatic heterocycles. The summed E-state index contributed by atoms with van der Waals surface area (Å²) in [6.07, 6.45) is 6.73. The van der Waals surface area contributed by atoms with Crippen molar-refractivity contribution in [1.82, 2.24) is 9.80 Å². The van der Waals surface area contributed by atoms with E-state index in [9.17, 15) is 19.2 Å². The van der Waals surface area contributed by atoms with Crippen LogP contribution < -0.4 is 0 Å². The lowest BCUT2D eigenvalue weighted by Crippen LogP contribution is -2.46. The Bertz CT molecular complexity index is 2060. The third-order valence-corrected chi connectivity index (χ3v) is 10.6. The van der Waals surface area contributed by atoms with Gasteiger partial charge in [0.25, 0.3) is 23.6 Å². The highest BCUT2D eigenvalue weighted by Crippen LogP contribution is 2.46. The summed E-state index contributed by atoms with van der Waals surface area (Å²) < 4.78 is 4.44. The zero-order valence-electron chi connectivity index (χ0n) is 33.8. The average molecular weight is 751 g/mol. The van der Waals surface area contributed by atoms with Crippen molar-refractivity contribution in [1.29, 1.82) is 0 Å². The fourth-order valence-corrected chi connectivity index (χ4v) is 8.37. The number of rotatable bonds is 13. The lowest BCUT2D eigenvalue weighted by atomic mass is 9.82. The smallest absolute Gasteiger partial charge is 0.261 e. The van der Waals surface area contributed by atoms with E-state index in [0.29, 0.717) is 58.0 Å². The number of carbonyl (C=O) groups is 4. The van der Waals surface area contributed by atoms with Gasteiger partial charge in [-0.1, -0.05) is 84.6 Å². The number of nitrogens with zero attached hydrogens (tertiary/aromatic N) is 2.